The topological polar surface area (TPSA) is 110 Å². The zero-order valence-corrected chi connectivity index (χ0v) is 15.2. The Morgan fingerprint density at radius 3 is 2.70 bits per heavy atom. The third kappa shape index (κ3) is 5.42. The molecule has 0 radical (unpaired) electrons. The van der Waals surface area contributed by atoms with Crippen molar-refractivity contribution in [1.29, 1.82) is 0 Å². The van der Waals surface area contributed by atoms with E-state index in [1.165, 1.54) is 35.6 Å². The Labute approximate surface area is 157 Å². The Hall–Kier alpha value is -3.14. The molecule has 2 amide bonds. The van der Waals surface area contributed by atoms with Crippen molar-refractivity contribution in [3.8, 4) is 0 Å². The molecule has 140 valence electrons. The van der Waals surface area contributed by atoms with Gasteiger partial charge in [-0.2, -0.15) is 0 Å². The fourth-order valence-electron chi connectivity index (χ4n) is 2.16. The van der Waals surface area contributed by atoms with Crippen LogP contribution in [0.3, 0.4) is 0 Å². The number of halogens is 1. The van der Waals surface area contributed by atoms with Gasteiger partial charge in [0.25, 0.3) is 5.91 Å². The molecule has 0 aliphatic heterocycles. The summed E-state index contributed by atoms with van der Waals surface area (Å²) in [6, 6.07) is 5.23. The number of hydrogen-bond donors (Lipinski definition) is 2. The first-order valence-corrected chi connectivity index (χ1v) is 8.94. The molecule has 0 unspecified atom stereocenters. The number of nitrogens with zero attached hydrogens (tertiary/aromatic N) is 3. The third-order valence-corrected chi connectivity index (χ3v) is 4.30. The smallest absolute Gasteiger partial charge is 0.257 e. The fourth-order valence-corrected chi connectivity index (χ4v) is 2.90. The van der Waals surface area contributed by atoms with Gasteiger partial charge >= 0.3 is 0 Å². The number of benzene rings is 1. The standard InChI is InChI=1S/C17H16FN5O3S/c1-10-22-23-15(26-10)8-19-14(24)7-6-13-9-27-17(20-13)21-16(25)11-2-4-12(18)5-3-11/h2-5,9H,6-8H2,1H3,(H,19,24)(H,20,21,25). The van der Waals surface area contributed by atoms with Gasteiger partial charge in [-0.1, -0.05) is 0 Å². The van der Waals surface area contributed by atoms with Gasteiger partial charge in [0.1, 0.15) is 5.82 Å². The van der Waals surface area contributed by atoms with Crippen LogP contribution in [0.5, 0.6) is 0 Å². The van der Waals surface area contributed by atoms with E-state index in [-0.39, 0.29) is 24.8 Å². The largest absolute Gasteiger partial charge is 0.424 e. The molecule has 0 atom stereocenters. The first-order chi connectivity index (χ1) is 13.0. The van der Waals surface area contributed by atoms with E-state index in [0.717, 1.165) is 0 Å². The Morgan fingerprint density at radius 1 is 1.22 bits per heavy atom. The SMILES string of the molecule is Cc1nnc(CNC(=O)CCc2csc(NC(=O)c3ccc(F)cc3)n2)o1. The maximum absolute atomic E-state index is 12.9. The average Bonchev–Trinajstić information content (AvgIpc) is 3.27. The highest BCUT2D eigenvalue weighted by atomic mass is 32.1. The lowest BCUT2D eigenvalue weighted by atomic mass is 10.2. The van der Waals surface area contributed by atoms with Crippen LogP contribution in [0.15, 0.2) is 34.1 Å². The van der Waals surface area contributed by atoms with E-state index in [0.29, 0.717) is 34.6 Å². The number of anilines is 1. The Balaban J connectivity index is 1.45. The summed E-state index contributed by atoms with van der Waals surface area (Å²) in [5, 5.41) is 15.0. The minimum Gasteiger partial charge on any atom is -0.424 e. The van der Waals surface area contributed by atoms with Gasteiger partial charge < -0.3 is 9.73 Å². The second-order valence-electron chi connectivity index (χ2n) is 5.60. The van der Waals surface area contributed by atoms with E-state index in [1.807, 2.05) is 0 Å². The Morgan fingerprint density at radius 2 is 2.00 bits per heavy atom. The molecule has 0 fully saturated rings. The Bertz CT molecular complexity index is 938. The first kappa shape index (κ1) is 18.6. The molecule has 10 heteroatoms. The lowest BCUT2D eigenvalue weighted by molar-refractivity contribution is -0.121. The number of carbonyl (C=O) groups excluding carboxylic acids is 2. The molecule has 2 N–H and O–H groups in total. The maximum Gasteiger partial charge on any atom is 0.257 e. The van der Waals surface area contributed by atoms with Crippen LogP contribution >= 0.6 is 11.3 Å². The van der Waals surface area contributed by atoms with Crippen LogP contribution < -0.4 is 10.6 Å². The molecular weight excluding hydrogens is 373 g/mol. The van der Waals surface area contributed by atoms with Crippen molar-refractivity contribution in [1.82, 2.24) is 20.5 Å². The molecule has 0 spiro atoms. The molecule has 2 aromatic heterocycles. The van der Waals surface area contributed by atoms with Crippen molar-refractivity contribution >= 4 is 28.3 Å². The van der Waals surface area contributed by atoms with Crippen LogP contribution in [-0.2, 0) is 17.8 Å². The van der Waals surface area contributed by atoms with Crippen molar-refractivity contribution in [3.63, 3.8) is 0 Å². The lowest BCUT2D eigenvalue weighted by Gasteiger charge is -2.02. The van der Waals surface area contributed by atoms with Crippen molar-refractivity contribution in [3.05, 3.63) is 58.5 Å². The molecule has 1 aromatic carbocycles. The zero-order valence-electron chi connectivity index (χ0n) is 14.4. The van der Waals surface area contributed by atoms with Crippen molar-refractivity contribution in [2.75, 3.05) is 5.32 Å². The summed E-state index contributed by atoms with van der Waals surface area (Å²) < 4.78 is 18.1. The van der Waals surface area contributed by atoms with Gasteiger partial charge in [-0.15, -0.1) is 21.5 Å². The third-order valence-electron chi connectivity index (χ3n) is 3.49. The molecule has 3 aromatic rings. The number of thiazole rings is 1. The molecular formula is C17H16FN5O3S. The normalized spacial score (nSPS) is 10.6. The second-order valence-corrected chi connectivity index (χ2v) is 6.45. The summed E-state index contributed by atoms with van der Waals surface area (Å²) in [4.78, 5) is 28.2. The lowest BCUT2D eigenvalue weighted by Crippen LogP contribution is -2.23. The molecule has 27 heavy (non-hydrogen) atoms. The van der Waals surface area contributed by atoms with Gasteiger partial charge in [0.2, 0.25) is 17.7 Å². The second kappa shape index (κ2) is 8.49. The van der Waals surface area contributed by atoms with Crippen molar-refractivity contribution in [2.45, 2.75) is 26.3 Å². The molecule has 0 aliphatic rings. The molecule has 3 rings (SSSR count). The summed E-state index contributed by atoms with van der Waals surface area (Å²) >= 11 is 1.26. The number of nitrogens with one attached hydrogen (secondary N) is 2. The van der Waals surface area contributed by atoms with E-state index < -0.39 is 5.82 Å². The van der Waals surface area contributed by atoms with Crippen LogP contribution in [0.1, 0.15) is 34.3 Å². The summed E-state index contributed by atoms with van der Waals surface area (Å²) in [6.45, 7) is 1.85. The van der Waals surface area contributed by atoms with Crippen molar-refractivity contribution in [2.24, 2.45) is 0 Å². The first-order valence-electron chi connectivity index (χ1n) is 8.06. The highest BCUT2D eigenvalue weighted by molar-refractivity contribution is 7.14. The summed E-state index contributed by atoms with van der Waals surface area (Å²) in [5.41, 5.74) is 1.03. The summed E-state index contributed by atoms with van der Waals surface area (Å²) in [5.74, 6) is -0.160. The average molecular weight is 389 g/mol. The van der Waals surface area contributed by atoms with E-state index >= 15 is 0 Å². The number of hydrogen-bond acceptors (Lipinski definition) is 7. The minimum absolute atomic E-state index is 0.171. The molecule has 8 nitrogen and oxygen atoms in total. The summed E-state index contributed by atoms with van der Waals surface area (Å²) in [7, 11) is 0. The van der Waals surface area contributed by atoms with Gasteiger partial charge in [0.05, 0.1) is 12.2 Å². The number of carbonyl (C=O) groups is 2. The maximum atomic E-state index is 12.9. The monoisotopic (exact) mass is 389 g/mol. The predicted octanol–water partition coefficient (Wildman–Crippen LogP) is 2.47. The molecule has 0 aliphatic carbocycles. The van der Waals surface area contributed by atoms with Gasteiger partial charge in [-0.05, 0) is 30.7 Å². The number of rotatable bonds is 7. The van der Waals surface area contributed by atoms with E-state index in [9.17, 15) is 14.0 Å². The molecule has 2 heterocycles. The zero-order chi connectivity index (χ0) is 19.2. The van der Waals surface area contributed by atoms with Crippen LogP contribution in [0.4, 0.5) is 9.52 Å². The van der Waals surface area contributed by atoms with Crippen LogP contribution in [0.2, 0.25) is 0 Å². The van der Waals surface area contributed by atoms with Crippen LogP contribution in [0, 0.1) is 12.7 Å². The highest BCUT2D eigenvalue weighted by Crippen LogP contribution is 2.17. The van der Waals surface area contributed by atoms with Gasteiger partial charge in [-0.3, -0.25) is 14.9 Å². The quantitative estimate of drug-likeness (QED) is 0.642. The minimum atomic E-state index is -0.407. The summed E-state index contributed by atoms with van der Waals surface area (Å²) in [6.07, 6.45) is 0.666. The van der Waals surface area contributed by atoms with Gasteiger partial charge in [0.15, 0.2) is 5.13 Å². The predicted molar refractivity (Wildman–Crippen MR) is 95.7 cm³/mol. The number of aromatic nitrogens is 3. The van der Waals surface area contributed by atoms with Crippen LogP contribution in [0.25, 0.3) is 0 Å². The molecule has 0 saturated carbocycles. The number of amides is 2. The highest BCUT2D eigenvalue weighted by Gasteiger charge is 2.11. The molecule has 0 bridgehead atoms. The van der Waals surface area contributed by atoms with E-state index in [4.69, 9.17) is 4.42 Å². The Kier molecular flexibility index (Phi) is 5.87. The molecule has 0 saturated heterocycles. The van der Waals surface area contributed by atoms with Crippen molar-refractivity contribution < 1.29 is 18.4 Å². The van der Waals surface area contributed by atoms with Gasteiger partial charge in [-0.25, -0.2) is 9.37 Å². The fraction of sp³-hybridized carbons (Fsp3) is 0.235. The van der Waals surface area contributed by atoms with Crippen LogP contribution in [-0.4, -0.2) is 27.0 Å². The van der Waals surface area contributed by atoms with E-state index in [2.05, 4.69) is 25.8 Å². The number of aryl methyl sites for hydroxylation is 2. The van der Waals surface area contributed by atoms with Gasteiger partial charge in [0, 0.05) is 24.3 Å². The van der Waals surface area contributed by atoms with E-state index in [1.54, 1.807) is 12.3 Å².